The van der Waals surface area contributed by atoms with Gasteiger partial charge in [0.05, 0.1) is 22.7 Å². The minimum atomic E-state index is -1.15. The van der Waals surface area contributed by atoms with Gasteiger partial charge in [-0.2, -0.15) is 0 Å². The maximum absolute atomic E-state index is 12.1. The quantitative estimate of drug-likeness (QED) is 0.910. The van der Waals surface area contributed by atoms with Crippen molar-refractivity contribution in [1.82, 2.24) is 0 Å². The molecule has 0 bridgehead atoms. The van der Waals surface area contributed by atoms with Crippen molar-refractivity contribution in [3.8, 4) is 0 Å². The van der Waals surface area contributed by atoms with Crippen LogP contribution in [-0.4, -0.2) is 21.2 Å². The normalized spacial score (nSPS) is 14.0. The molecular formula is C16H18O2S. The summed E-state index contributed by atoms with van der Waals surface area (Å²) in [5, 5.41) is 10.00. The number of aliphatic hydroxyl groups is 1. The highest BCUT2D eigenvalue weighted by molar-refractivity contribution is 7.85. The van der Waals surface area contributed by atoms with Crippen molar-refractivity contribution in [2.24, 2.45) is 0 Å². The van der Waals surface area contributed by atoms with Crippen molar-refractivity contribution in [2.45, 2.75) is 24.3 Å². The SMILES string of the molecule is Cc1ccc(S(=O)CC(O)Cc2ccccc2)cc1. The van der Waals surface area contributed by atoms with Gasteiger partial charge in [0.1, 0.15) is 0 Å². The van der Waals surface area contributed by atoms with Crippen LogP contribution in [0.25, 0.3) is 0 Å². The Labute approximate surface area is 116 Å². The van der Waals surface area contributed by atoms with Gasteiger partial charge in [0, 0.05) is 4.90 Å². The van der Waals surface area contributed by atoms with E-state index in [1.807, 2.05) is 61.5 Å². The highest BCUT2D eigenvalue weighted by Gasteiger charge is 2.11. The van der Waals surface area contributed by atoms with E-state index < -0.39 is 16.9 Å². The Morgan fingerprint density at radius 1 is 1.05 bits per heavy atom. The predicted molar refractivity (Wildman–Crippen MR) is 78.6 cm³/mol. The molecule has 0 aromatic heterocycles. The van der Waals surface area contributed by atoms with Crippen LogP contribution in [0, 0.1) is 6.92 Å². The molecule has 0 saturated carbocycles. The number of benzene rings is 2. The fourth-order valence-electron chi connectivity index (χ4n) is 1.91. The summed E-state index contributed by atoms with van der Waals surface area (Å²) in [6.07, 6.45) is -0.0390. The van der Waals surface area contributed by atoms with Crippen molar-refractivity contribution in [2.75, 3.05) is 5.75 Å². The van der Waals surface area contributed by atoms with Gasteiger partial charge in [-0.1, -0.05) is 48.0 Å². The van der Waals surface area contributed by atoms with Gasteiger partial charge in [0.2, 0.25) is 0 Å². The highest BCUT2D eigenvalue weighted by atomic mass is 32.2. The van der Waals surface area contributed by atoms with Crippen LogP contribution in [-0.2, 0) is 17.2 Å². The average Bonchev–Trinajstić information content (AvgIpc) is 2.40. The summed E-state index contributed by atoms with van der Waals surface area (Å²) in [4.78, 5) is 0.776. The monoisotopic (exact) mass is 274 g/mol. The molecule has 100 valence electrons. The van der Waals surface area contributed by atoms with E-state index in [0.717, 1.165) is 16.0 Å². The van der Waals surface area contributed by atoms with Crippen LogP contribution in [0.5, 0.6) is 0 Å². The molecule has 0 amide bonds. The summed E-state index contributed by atoms with van der Waals surface area (Å²) in [5.41, 5.74) is 2.21. The summed E-state index contributed by atoms with van der Waals surface area (Å²) < 4.78 is 12.1. The molecule has 1 N–H and O–H groups in total. The van der Waals surface area contributed by atoms with Crippen LogP contribution in [0.3, 0.4) is 0 Å². The molecule has 19 heavy (non-hydrogen) atoms. The molecule has 2 unspecified atom stereocenters. The smallest absolute Gasteiger partial charge is 0.0699 e. The molecule has 0 aliphatic carbocycles. The zero-order chi connectivity index (χ0) is 13.7. The van der Waals surface area contributed by atoms with Crippen molar-refractivity contribution in [3.05, 3.63) is 65.7 Å². The number of aryl methyl sites for hydroxylation is 1. The van der Waals surface area contributed by atoms with Crippen molar-refractivity contribution < 1.29 is 9.32 Å². The molecule has 0 aliphatic heterocycles. The lowest BCUT2D eigenvalue weighted by Crippen LogP contribution is -2.19. The highest BCUT2D eigenvalue weighted by Crippen LogP contribution is 2.11. The van der Waals surface area contributed by atoms with Gasteiger partial charge in [0.25, 0.3) is 0 Å². The lowest BCUT2D eigenvalue weighted by Gasteiger charge is -2.10. The summed E-state index contributed by atoms with van der Waals surface area (Å²) in [6.45, 7) is 2.00. The third kappa shape index (κ3) is 4.30. The van der Waals surface area contributed by atoms with E-state index in [4.69, 9.17) is 0 Å². The van der Waals surface area contributed by atoms with Gasteiger partial charge >= 0.3 is 0 Å². The first-order valence-corrected chi connectivity index (χ1v) is 7.64. The Balaban J connectivity index is 1.93. The molecule has 0 spiro atoms. The minimum absolute atomic E-state index is 0.276. The molecule has 2 aromatic rings. The van der Waals surface area contributed by atoms with Gasteiger partial charge < -0.3 is 5.11 Å². The topological polar surface area (TPSA) is 37.3 Å². The van der Waals surface area contributed by atoms with E-state index in [9.17, 15) is 9.32 Å². The summed E-state index contributed by atoms with van der Waals surface area (Å²) >= 11 is 0. The van der Waals surface area contributed by atoms with Gasteiger partial charge in [-0.05, 0) is 31.0 Å². The molecule has 2 nitrogen and oxygen atoms in total. The molecule has 0 heterocycles. The molecule has 0 fully saturated rings. The molecule has 2 atom stereocenters. The summed E-state index contributed by atoms with van der Waals surface area (Å²) in [7, 11) is -1.15. The maximum atomic E-state index is 12.1. The van der Waals surface area contributed by atoms with E-state index in [0.29, 0.717) is 6.42 Å². The van der Waals surface area contributed by atoms with Crippen molar-refractivity contribution in [1.29, 1.82) is 0 Å². The Morgan fingerprint density at radius 2 is 1.68 bits per heavy atom. The van der Waals surface area contributed by atoms with Gasteiger partial charge in [-0.3, -0.25) is 4.21 Å². The second-order valence-electron chi connectivity index (χ2n) is 4.67. The van der Waals surface area contributed by atoms with Gasteiger partial charge in [-0.25, -0.2) is 0 Å². The van der Waals surface area contributed by atoms with Crippen LogP contribution in [0.4, 0.5) is 0 Å². The van der Waals surface area contributed by atoms with E-state index in [1.165, 1.54) is 0 Å². The molecule has 0 radical (unpaired) electrons. The molecule has 3 heteroatoms. The Morgan fingerprint density at radius 3 is 2.32 bits per heavy atom. The fourth-order valence-corrected chi connectivity index (χ4v) is 3.01. The van der Waals surface area contributed by atoms with Gasteiger partial charge in [0.15, 0.2) is 0 Å². The van der Waals surface area contributed by atoms with Crippen molar-refractivity contribution in [3.63, 3.8) is 0 Å². The fraction of sp³-hybridized carbons (Fsp3) is 0.250. The number of hydrogen-bond donors (Lipinski definition) is 1. The first-order chi connectivity index (χ1) is 9.15. The van der Waals surface area contributed by atoms with E-state index in [-0.39, 0.29) is 5.75 Å². The van der Waals surface area contributed by atoms with Crippen LogP contribution >= 0.6 is 0 Å². The Kier molecular flexibility index (Phi) is 4.88. The second-order valence-corrected chi connectivity index (χ2v) is 6.16. The largest absolute Gasteiger partial charge is 0.392 e. The average molecular weight is 274 g/mol. The van der Waals surface area contributed by atoms with Gasteiger partial charge in [-0.15, -0.1) is 0 Å². The molecule has 0 aliphatic rings. The molecular weight excluding hydrogens is 256 g/mol. The predicted octanol–water partition coefficient (Wildman–Crippen LogP) is 2.71. The Bertz CT molecular complexity index is 534. The lowest BCUT2D eigenvalue weighted by atomic mass is 10.1. The standard InChI is InChI=1S/C16H18O2S/c1-13-7-9-16(10-8-13)19(18)12-15(17)11-14-5-3-2-4-6-14/h2-10,15,17H,11-12H2,1H3. The van der Waals surface area contributed by atoms with Crippen molar-refractivity contribution >= 4 is 10.8 Å². The van der Waals surface area contributed by atoms with Crippen LogP contribution < -0.4 is 0 Å². The zero-order valence-electron chi connectivity index (χ0n) is 11.0. The second kappa shape index (κ2) is 6.64. The van der Waals surface area contributed by atoms with Crippen LogP contribution in [0.2, 0.25) is 0 Å². The number of rotatable bonds is 5. The van der Waals surface area contributed by atoms with E-state index >= 15 is 0 Å². The van der Waals surface area contributed by atoms with Crippen LogP contribution in [0.1, 0.15) is 11.1 Å². The minimum Gasteiger partial charge on any atom is -0.392 e. The maximum Gasteiger partial charge on any atom is 0.0699 e. The number of aliphatic hydroxyl groups excluding tert-OH is 1. The first-order valence-electron chi connectivity index (χ1n) is 6.32. The first kappa shape index (κ1) is 14.0. The zero-order valence-corrected chi connectivity index (χ0v) is 11.8. The molecule has 0 saturated heterocycles. The third-order valence-electron chi connectivity index (χ3n) is 2.94. The van der Waals surface area contributed by atoms with E-state index in [1.54, 1.807) is 0 Å². The summed E-state index contributed by atoms with van der Waals surface area (Å²) in [5.74, 6) is 0.276. The van der Waals surface area contributed by atoms with E-state index in [2.05, 4.69) is 0 Å². The molecule has 2 aromatic carbocycles. The third-order valence-corrected chi connectivity index (χ3v) is 4.43. The lowest BCUT2D eigenvalue weighted by molar-refractivity contribution is 0.199. The molecule has 2 rings (SSSR count). The summed E-state index contributed by atoms with van der Waals surface area (Å²) in [6, 6.07) is 17.4. The van der Waals surface area contributed by atoms with Crippen LogP contribution in [0.15, 0.2) is 59.5 Å². The number of hydrogen-bond acceptors (Lipinski definition) is 2. The Hall–Kier alpha value is -1.45.